The van der Waals surface area contributed by atoms with Crippen molar-refractivity contribution in [3.05, 3.63) is 10.6 Å². The molecule has 0 saturated heterocycles. The smallest absolute Gasteiger partial charge is 0.229 e. The van der Waals surface area contributed by atoms with E-state index in [2.05, 4.69) is 19.2 Å². The SMILES string of the molecule is CCN(CC)C(=O)[C@@H](C)[C@@H]1CC[C@]2(C)Cc3sc(NC(=O)C4CC4)nc3[C@@H](C)[C@@H]2[C@H]1O. The maximum absolute atomic E-state index is 13.0. The fourth-order valence-corrected chi connectivity index (χ4v) is 7.43. The van der Waals surface area contributed by atoms with E-state index in [0.717, 1.165) is 37.8 Å². The molecule has 1 aromatic heterocycles. The van der Waals surface area contributed by atoms with Crippen LogP contribution < -0.4 is 5.32 Å². The van der Waals surface area contributed by atoms with Gasteiger partial charge in [-0.2, -0.15) is 0 Å². The Morgan fingerprint density at radius 2 is 1.97 bits per heavy atom. The molecule has 3 aliphatic rings. The second-order valence-electron chi connectivity index (χ2n) is 10.2. The summed E-state index contributed by atoms with van der Waals surface area (Å²) in [6.45, 7) is 11.9. The van der Waals surface area contributed by atoms with Crippen molar-refractivity contribution in [2.45, 2.75) is 78.7 Å². The van der Waals surface area contributed by atoms with Crippen molar-refractivity contribution in [1.29, 1.82) is 0 Å². The van der Waals surface area contributed by atoms with Gasteiger partial charge in [0.1, 0.15) is 0 Å². The lowest BCUT2D eigenvalue weighted by molar-refractivity contribution is -0.144. The highest BCUT2D eigenvalue weighted by atomic mass is 32.1. The monoisotopic (exact) mass is 447 g/mol. The molecule has 2 fully saturated rings. The zero-order chi connectivity index (χ0) is 22.5. The third kappa shape index (κ3) is 4.04. The summed E-state index contributed by atoms with van der Waals surface area (Å²) in [5, 5.41) is 15.3. The molecule has 0 aromatic carbocycles. The Morgan fingerprint density at radius 3 is 2.58 bits per heavy atom. The predicted molar refractivity (Wildman–Crippen MR) is 123 cm³/mol. The van der Waals surface area contributed by atoms with Gasteiger partial charge in [-0.3, -0.25) is 9.59 Å². The van der Waals surface area contributed by atoms with Crippen molar-refractivity contribution in [3.63, 3.8) is 0 Å². The molecule has 0 unspecified atom stereocenters. The van der Waals surface area contributed by atoms with Crippen LogP contribution in [-0.2, 0) is 16.0 Å². The predicted octanol–water partition coefficient (Wildman–Crippen LogP) is 4.05. The van der Waals surface area contributed by atoms with Gasteiger partial charge in [-0.15, -0.1) is 11.3 Å². The van der Waals surface area contributed by atoms with Gasteiger partial charge in [-0.25, -0.2) is 4.98 Å². The first-order valence-electron chi connectivity index (χ1n) is 12.0. The molecule has 172 valence electrons. The maximum Gasteiger partial charge on any atom is 0.229 e. The van der Waals surface area contributed by atoms with Crippen LogP contribution in [0.25, 0.3) is 0 Å². The summed E-state index contributed by atoms with van der Waals surface area (Å²) in [7, 11) is 0. The molecule has 4 rings (SSSR count). The molecule has 2 saturated carbocycles. The van der Waals surface area contributed by atoms with Crippen LogP contribution in [0.4, 0.5) is 5.13 Å². The second-order valence-corrected chi connectivity index (χ2v) is 11.3. The average molecular weight is 448 g/mol. The van der Waals surface area contributed by atoms with Gasteiger partial charge in [-0.1, -0.05) is 20.8 Å². The lowest BCUT2D eigenvalue weighted by atomic mass is 9.53. The fraction of sp³-hybridized carbons (Fsp3) is 0.792. The van der Waals surface area contributed by atoms with E-state index in [1.165, 1.54) is 4.88 Å². The van der Waals surface area contributed by atoms with Crippen molar-refractivity contribution in [3.8, 4) is 0 Å². The number of aliphatic hydroxyl groups is 1. The van der Waals surface area contributed by atoms with Crippen molar-refractivity contribution in [1.82, 2.24) is 9.88 Å². The zero-order valence-corrected chi connectivity index (χ0v) is 20.3. The van der Waals surface area contributed by atoms with E-state index in [1.807, 2.05) is 25.7 Å². The summed E-state index contributed by atoms with van der Waals surface area (Å²) in [4.78, 5) is 33.1. The number of rotatable bonds is 6. The van der Waals surface area contributed by atoms with E-state index in [4.69, 9.17) is 4.98 Å². The Labute approximate surface area is 189 Å². The highest BCUT2D eigenvalue weighted by molar-refractivity contribution is 7.15. The topological polar surface area (TPSA) is 82.5 Å². The number of carbonyl (C=O) groups excluding carboxylic acids is 2. The van der Waals surface area contributed by atoms with Gasteiger partial charge in [0.05, 0.1) is 11.8 Å². The molecule has 1 aromatic rings. The Bertz CT molecular complexity index is 847. The fourth-order valence-electron chi connectivity index (χ4n) is 6.16. The van der Waals surface area contributed by atoms with Crippen molar-refractivity contribution in [2.24, 2.45) is 29.1 Å². The minimum absolute atomic E-state index is 0.00932. The third-order valence-electron chi connectivity index (χ3n) is 8.21. The van der Waals surface area contributed by atoms with Crippen LogP contribution in [0.1, 0.15) is 76.8 Å². The number of amides is 2. The van der Waals surface area contributed by atoms with Gasteiger partial charge in [-0.05, 0) is 63.2 Å². The number of thiazole rings is 1. The molecule has 31 heavy (non-hydrogen) atoms. The molecule has 0 spiro atoms. The van der Waals surface area contributed by atoms with Crippen LogP contribution in [0, 0.1) is 29.1 Å². The number of nitrogens with zero attached hydrogens (tertiary/aromatic N) is 2. The minimum Gasteiger partial charge on any atom is -0.392 e. The standard InChI is InChI=1S/C24H37N3O3S/c1-6-27(7-2)22(30)13(3)16-10-11-24(5)12-17-19(14(4)18(24)20(16)28)25-23(31-17)26-21(29)15-8-9-15/h13-16,18,20,28H,6-12H2,1-5H3,(H,25,26,29)/t13-,14-,16-,18+,20-,24+/m0/s1. The lowest BCUT2D eigenvalue weighted by Crippen LogP contribution is -2.53. The van der Waals surface area contributed by atoms with E-state index in [9.17, 15) is 14.7 Å². The van der Waals surface area contributed by atoms with Gasteiger partial charge < -0.3 is 15.3 Å². The van der Waals surface area contributed by atoms with E-state index < -0.39 is 6.10 Å². The first-order chi connectivity index (χ1) is 14.7. The molecule has 0 bridgehead atoms. The highest BCUT2D eigenvalue weighted by Gasteiger charge is 2.54. The number of aromatic nitrogens is 1. The Balaban J connectivity index is 1.55. The molecule has 2 amide bonds. The molecule has 6 atom stereocenters. The molecule has 1 heterocycles. The van der Waals surface area contributed by atoms with Crippen LogP contribution in [0.15, 0.2) is 0 Å². The van der Waals surface area contributed by atoms with Crippen molar-refractivity contribution in [2.75, 3.05) is 18.4 Å². The highest BCUT2D eigenvalue weighted by Crippen LogP contribution is 2.57. The quantitative estimate of drug-likeness (QED) is 0.689. The first kappa shape index (κ1) is 22.7. The third-order valence-corrected chi connectivity index (χ3v) is 9.19. The number of nitrogens with one attached hydrogen (secondary N) is 1. The number of fused-ring (bicyclic) bond motifs is 2. The van der Waals surface area contributed by atoms with Gasteiger partial charge >= 0.3 is 0 Å². The maximum atomic E-state index is 13.0. The average Bonchev–Trinajstić information content (AvgIpc) is 3.50. The van der Waals surface area contributed by atoms with Crippen LogP contribution in [0.2, 0.25) is 0 Å². The summed E-state index contributed by atoms with van der Waals surface area (Å²) in [5.41, 5.74) is 1.02. The molecule has 0 aliphatic heterocycles. The van der Waals surface area contributed by atoms with Crippen molar-refractivity contribution >= 4 is 28.3 Å². The summed E-state index contributed by atoms with van der Waals surface area (Å²) in [6.07, 6.45) is 4.19. The molecule has 7 heteroatoms. The molecular formula is C24H37N3O3S. The minimum atomic E-state index is -0.525. The largest absolute Gasteiger partial charge is 0.392 e. The molecule has 3 aliphatic carbocycles. The Kier molecular flexibility index (Phi) is 6.21. The number of hydrogen-bond donors (Lipinski definition) is 2. The van der Waals surface area contributed by atoms with Crippen LogP contribution in [0.3, 0.4) is 0 Å². The van der Waals surface area contributed by atoms with E-state index >= 15 is 0 Å². The van der Waals surface area contributed by atoms with Gasteiger partial charge in [0.2, 0.25) is 11.8 Å². The first-order valence-corrected chi connectivity index (χ1v) is 12.8. The number of hydrogen-bond acceptors (Lipinski definition) is 5. The van der Waals surface area contributed by atoms with Crippen LogP contribution >= 0.6 is 11.3 Å². The Morgan fingerprint density at radius 1 is 1.29 bits per heavy atom. The summed E-state index contributed by atoms with van der Waals surface area (Å²) in [6, 6.07) is 0. The van der Waals surface area contributed by atoms with Crippen LogP contribution in [-0.4, -0.2) is 46.0 Å². The molecule has 2 N–H and O–H groups in total. The van der Waals surface area contributed by atoms with E-state index in [1.54, 1.807) is 11.3 Å². The Hall–Kier alpha value is -1.47. The van der Waals surface area contributed by atoms with Gasteiger partial charge in [0, 0.05) is 35.7 Å². The number of carbonyl (C=O) groups is 2. The summed E-state index contributed by atoms with van der Waals surface area (Å²) in [5.74, 6) is 0.363. The molecule has 0 radical (unpaired) electrons. The second kappa shape index (κ2) is 8.47. The van der Waals surface area contributed by atoms with Crippen LogP contribution in [0.5, 0.6) is 0 Å². The lowest BCUT2D eigenvalue weighted by Gasteiger charge is -2.53. The molecule has 6 nitrogen and oxygen atoms in total. The van der Waals surface area contributed by atoms with E-state index in [-0.39, 0.29) is 46.8 Å². The number of aliphatic hydroxyl groups excluding tert-OH is 1. The summed E-state index contributed by atoms with van der Waals surface area (Å²) < 4.78 is 0. The normalized spacial score (nSPS) is 33.2. The molecular weight excluding hydrogens is 410 g/mol. The summed E-state index contributed by atoms with van der Waals surface area (Å²) >= 11 is 1.60. The van der Waals surface area contributed by atoms with E-state index in [0.29, 0.717) is 18.2 Å². The zero-order valence-electron chi connectivity index (χ0n) is 19.5. The van der Waals surface area contributed by atoms with Crippen molar-refractivity contribution < 1.29 is 14.7 Å². The van der Waals surface area contributed by atoms with Gasteiger partial charge in [0.25, 0.3) is 0 Å². The van der Waals surface area contributed by atoms with Gasteiger partial charge in [0.15, 0.2) is 5.13 Å². The number of anilines is 1.